The summed E-state index contributed by atoms with van der Waals surface area (Å²) < 4.78 is 10.8. The van der Waals surface area contributed by atoms with Gasteiger partial charge in [-0.15, -0.1) is 0 Å². The molecule has 1 aromatic rings. The average Bonchev–Trinajstić information content (AvgIpc) is 2.14. The summed E-state index contributed by atoms with van der Waals surface area (Å²) in [7, 11) is 0. The fraction of sp³-hybridized carbons (Fsp3) is 0.455. The van der Waals surface area contributed by atoms with Crippen LogP contribution in [0.4, 0.5) is 0 Å². The van der Waals surface area contributed by atoms with Crippen molar-refractivity contribution in [3.8, 4) is 5.75 Å². The van der Waals surface area contributed by atoms with E-state index in [9.17, 15) is 0 Å². The number of ether oxygens (including phenoxy) is 2. The Balaban J connectivity index is 2.54. The van der Waals surface area contributed by atoms with Crippen molar-refractivity contribution in [2.24, 2.45) is 0 Å². The zero-order valence-corrected chi connectivity index (χ0v) is 11.4. The van der Waals surface area contributed by atoms with Crippen molar-refractivity contribution in [1.29, 1.82) is 0 Å². The van der Waals surface area contributed by atoms with Crippen molar-refractivity contribution < 1.29 is 9.47 Å². The molecule has 1 rings (SSSR count). The van der Waals surface area contributed by atoms with Gasteiger partial charge >= 0.3 is 0 Å². The normalized spacial score (nSPS) is 10.9. The number of benzene rings is 1. The molecule has 0 unspecified atom stereocenters. The smallest absolute Gasteiger partial charge is 0.156 e. The summed E-state index contributed by atoms with van der Waals surface area (Å²) in [5.41, 5.74) is 0. The summed E-state index contributed by atoms with van der Waals surface area (Å²) in [6.07, 6.45) is 0.180. The van der Waals surface area contributed by atoms with Crippen molar-refractivity contribution in [3.05, 3.63) is 27.2 Å². The van der Waals surface area contributed by atoms with Gasteiger partial charge in [-0.1, -0.05) is 34.8 Å². The largest absolute Gasteiger partial charge is 0.488 e. The van der Waals surface area contributed by atoms with Crippen molar-refractivity contribution in [3.63, 3.8) is 0 Å². The second-order valence-electron chi connectivity index (χ2n) is 3.47. The molecule has 1 aromatic carbocycles. The standard InChI is InChI=1S/C11H13Cl3O2/c1-7(2)15-3-4-16-11-9(13)5-8(12)6-10(11)14/h5-7H,3-4H2,1-2H3. The molecule has 0 fully saturated rings. The van der Waals surface area contributed by atoms with Gasteiger partial charge in [-0.3, -0.25) is 0 Å². The first-order valence-corrected chi connectivity index (χ1v) is 6.03. The second kappa shape index (κ2) is 6.55. The molecule has 0 aliphatic heterocycles. The first-order valence-electron chi connectivity index (χ1n) is 4.89. The molecule has 0 amide bonds. The minimum absolute atomic E-state index is 0.180. The van der Waals surface area contributed by atoms with E-state index in [0.717, 1.165) is 0 Å². The summed E-state index contributed by atoms with van der Waals surface area (Å²) in [6, 6.07) is 3.18. The van der Waals surface area contributed by atoms with E-state index < -0.39 is 0 Å². The Labute approximate surface area is 110 Å². The van der Waals surface area contributed by atoms with E-state index in [2.05, 4.69) is 0 Å². The van der Waals surface area contributed by atoms with E-state index in [-0.39, 0.29) is 6.10 Å². The minimum Gasteiger partial charge on any atom is -0.488 e. The van der Waals surface area contributed by atoms with Crippen LogP contribution < -0.4 is 4.74 Å². The third-order valence-electron chi connectivity index (χ3n) is 1.74. The Morgan fingerprint density at radius 2 is 1.62 bits per heavy atom. The van der Waals surface area contributed by atoms with E-state index in [1.165, 1.54) is 0 Å². The van der Waals surface area contributed by atoms with Gasteiger partial charge in [0.2, 0.25) is 0 Å². The van der Waals surface area contributed by atoms with Crippen molar-refractivity contribution in [2.75, 3.05) is 13.2 Å². The summed E-state index contributed by atoms with van der Waals surface area (Å²) in [5, 5.41) is 1.30. The highest BCUT2D eigenvalue weighted by Gasteiger charge is 2.08. The highest BCUT2D eigenvalue weighted by molar-refractivity contribution is 6.40. The Bertz CT molecular complexity index is 330. The van der Waals surface area contributed by atoms with E-state index in [1.807, 2.05) is 13.8 Å². The predicted octanol–water partition coefficient (Wildman–Crippen LogP) is 4.45. The number of hydrogen-bond donors (Lipinski definition) is 0. The maximum atomic E-state index is 5.94. The molecule has 0 N–H and O–H groups in total. The van der Waals surface area contributed by atoms with Gasteiger partial charge < -0.3 is 9.47 Å². The lowest BCUT2D eigenvalue weighted by atomic mass is 10.3. The molecule has 5 heteroatoms. The molecular weight excluding hydrogens is 270 g/mol. The molecule has 2 nitrogen and oxygen atoms in total. The third kappa shape index (κ3) is 4.38. The average molecular weight is 284 g/mol. The molecule has 0 aliphatic rings. The van der Waals surface area contributed by atoms with Gasteiger partial charge in [0.25, 0.3) is 0 Å². The van der Waals surface area contributed by atoms with Gasteiger partial charge in [-0.25, -0.2) is 0 Å². The van der Waals surface area contributed by atoms with E-state index in [1.54, 1.807) is 12.1 Å². The topological polar surface area (TPSA) is 18.5 Å². The molecule has 90 valence electrons. The summed E-state index contributed by atoms with van der Waals surface area (Å²) in [6.45, 7) is 4.82. The predicted molar refractivity (Wildman–Crippen MR) is 68.1 cm³/mol. The van der Waals surface area contributed by atoms with Crippen LogP contribution >= 0.6 is 34.8 Å². The summed E-state index contributed by atoms with van der Waals surface area (Å²) in [5.74, 6) is 0.445. The van der Waals surface area contributed by atoms with Gasteiger partial charge in [-0.05, 0) is 26.0 Å². The summed E-state index contributed by atoms with van der Waals surface area (Å²) >= 11 is 17.7. The molecule has 16 heavy (non-hydrogen) atoms. The monoisotopic (exact) mass is 282 g/mol. The molecule has 0 spiro atoms. The molecule has 0 radical (unpaired) electrons. The lowest BCUT2D eigenvalue weighted by Gasteiger charge is -2.11. The fourth-order valence-corrected chi connectivity index (χ4v) is 2.02. The Hall–Kier alpha value is -0.150. The quantitative estimate of drug-likeness (QED) is 0.743. The fourth-order valence-electron chi connectivity index (χ4n) is 1.09. The molecule has 0 aliphatic carbocycles. The van der Waals surface area contributed by atoms with Crippen LogP contribution in [0.2, 0.25) is 15.1 Å². The van der Waals surface area contributed by atoms with Gasteiger partial charge in [0.15, 0.2) is 5.75 Å². The van der Waals surface area contributed by atoms with Crippen molar-refractivity contribution >= 4 is 34.8 Å². The molecule has 0 heterocycles. The van der Waals surface area contributed by atoms with Crippen molar-refractivity contribution in [1.82, 2.24) is 0 Å². The van der Waals surface area contributed by atoms with Crippen LogP contribution in [0.25, 0.3) is 0 Å². The Morgan fingerprint density at radius 1 is 1.06 bits per heavy atom. The van der Waals surface area contributed by atoms with Gasteiger partial charge in [0, 0.05) is 5.02 Å². The van der Waals surface area contributed by atoms with E-state index >= 15 is 0 Å². The van der Waals surface area contributed by atoms with Gasteiger partial charge in [0.05, 0.1) is 22.8 Å². The molecular formula is C11H13Cl3O2. The number of hydrogen-bond acceptors (Lipinski definition) is 2. The van der Waals surface area contributed by atoms with Crippen LogP contribution in [0.3, 0.4) is 0 Å². The summed E-state index contributed by atoms with van der Waals surface area (Å²) in [4.78, 5) is 0. The van der Waals surface area contributed by atoms with E-state index in [0.29, 0.717) is 34.0 Å². The lowest BCUT2D eigenvalue weighted by molar-refractivity contribution is 0.0553. The molecule has 0 atom stereocenters. The second-order valence-corrected chi connectivity index (χ2v) is 4.72. The minimum atomic E-state index is 0.180. The maximum absolute atomic E-state index is 5.94. The third-order valence-corrected chi connectivity index (χ3v) is 2.52. The van der Waals surface area contributed by atoms with Crippen LogP contribution in [-0.2, 0) is 4.74 Å². The zero-order valence-electron chi connectivity index (χ0n) is 9.10. The number of halogens is 3. The first-order chi connectivity index (χ1) is 7.50. The van der Waals surface area contributed by atoms with Crippen LogP contribution in [0.1, 0.15) is 13.8 Å². The molecule has 0 bridgehead atoms. The number of rotatable bonds is 5. The van der Waals surface area contributed by atoms with Crippen LogP contribution in [-0.4, -0.2) is 19.3 Å². The lowest BCUT2D eigenvalue weighted by Crippen LogP contribution is -2.11. The SMILES string of the molecule is CC(C)OCCOc1c(Cl)cc(Cl)cc1Cl. The van der Waals surface area contributed by atoms with Crippen LogP contribution in [0.15, 0.2) is 12.1 Å². The molecule has 0 saturated carbocycles. The van der Waals surface area contributed by atoms with Gasteiger partial charge in [0.1, 0.15) is 6.61 Å². The Kier molecular flexibility index (Phi) is 5.70. The van der Waals surface area contributed by atoms with Crippen LogP contribution in [0.5, 0.6) is 5.75 Å². The van der Waals surface area contributed by atoms with Crippen LogP contribution in [0, 0.1) is 0 Å². The Morgan fingerprint density at radius 3 is 2.12 bits per heavy atom. The highest BCUT2D eigenvalue weighted by Crippen LogP contribution is 2.35. The van der Waals surface area contributed by atoms with Gasteiger partial charge in [-0.2, -0.15) is 0 Å². The highest BCUT2D eigenvalue weighted by atomic mass is 35.5. The van der Waals surface area contributed by atoms with Crippen molar-refractivity contribution in [2.45, 2.75) is 20.0 Å². The molecule has 0 saturated heterocycles. The first kappa shape index (κ1) is 13.9. The zero-order chi connectivity index (χ0) is 12.1. The van der Waals surface area contributed by atoms with E-state index in [4.69, 9.17) is 44.3 Å². The maximum Gasteiger partial charge on any atom is 0.156 e. The molecule has 0 aromatic heterocycles.